The van der Waals surface area contributed by atoms with Gasteiger partial charge >= 0.3 is 0 Å². The normalized spacial score (nSPS) is 9.08. The lowest BCUT2D eigenvalue weighted by molar-refractivity contribution is 0.0933. The van der Waals surface area contributed by atoms with Crippen molar-refractivity contribution in [2.45, 2.75) is 6.54 Å². The molecule has 5 heteroatoms. The summed E-state index contributed by atoms with van der Waals surface area (Å²) in [5, 5.41) is 5.41. The third-order valence-electron chi connectivity index (χ3n) is 1.46. The minimum absolute atomic E-state index is 0. The van der Waals surface area contributed by atoms with E-state index < -0.39 is 0 Å². The van der Waals surface area contributed by atoms with E-state index in [9.17, 15) is 4.79 Å². The van der Waals surface area contributed by atoms with Gasteiger partial charge in [0.05, 0.1) is 6.54 Å². The second kappa shape index (κ2) is 5.61. The van der Waals surface area contributed by atoms with Crippen LogP contribution < -0.4 is 10.6 Å². The number of carbonyl (C=O) groups is 1. The topological polar surface area (TPSA) is 54.3 Å². The molecule has 0 spiro atoms. The van der Waals surface area contributed by atoms with Crippen molar-refractivity contribution in [2.75, 3.05) is 14.1 Å². The highest BCUT2D eigenvalue weighted by molar-refractivity contribution is 5.91. The zero-order valence-corrected chi connectivity index (χ0v) is 8.40. The Kier molecular flexibility index (Phi) is 5.18. The van der Waals surface area contributed by atoms with Gasteiger partial charge < -0.3 is 15.1 Å². The third-order valence-corrected chi connectivity index (χ3v) is 1.46. The summed E-state index contributed by atoms with van der Waals surface area (Å²) >= 11 is 0. The van der Waals surface area contributed by atoms with Crippen molar-refractivity contribution >= 4 is 18.3 Å². The molecule has 74 valence electrons. The molecule has 0 fully saturated rings. The summed E-state index contributed by atoms with van der Waals surface area (Å²) in [5.74, 6) is 0.913. The van der Waals surface area contributed by atoms with Crippen molar-refractivity contribution in [3.63, 3.8) is 0 Å². The van der Waals surface area contributed by atoms with Gasteiger partial charge in [0.1, 0.15) is 5.76 Å². The molecule has 0 aliphatic heterocycles. The molecule has 0 bridgehead atoms. The first-order chi connectivity index (χ1) is 5.77. The molecule has 1 aromatic rings. The Labute approximate surface area is 83.1 Å². The van der Waals surface area contributed by atoms with E-state index in [1.807, 2.05) is 7.05 Å². The number of hydrogen-bond acceptors (Lipinski definition) is 3. The van der Waals surface area contributed by atoms with Gasteiger partial charge in [0, 0.05) is 7.05 Å². The Morgan fingerprint density at radius 1 is 1.46 bits per heavy atom. The van der Waals surface area contributed by atoms with E-state index in [0.29, 0.717) is 12.3 Å². The van der Waals surface area contributed by atoms with Crippen LogP contribution in [-0.2, 0) is 6.54 Å². The standard InChI is InChI=1S/C8H12N2O2.ClH/c1-9-5-6-3-4-7(12-6)8(11)10-2;/h3-4,9H,5H2,1-2H3,(H,10,11);1H. The van der Waals surface area contributed by atoms with E-state index in [1.54, 1.807) is 19.2 Å². The Morgan fingerprint density at radius 2 is 2.15 bits per heavy atom. The van der Waals surface area contributed by atoms with Crippen LogP contribution in [0.4, 0.5) is 0 Å². The number of furan rings is 1. The molecule has 1 amide bonds. The zero-order chi connectivity index (χ0) is 8.97. The van der Waals surface area contributed by atoms with E-state index in [0.717, 1.165) is 5.76 Å². The van der Waals surface area contributed by atoms with E-state index in [-0.39, 0.29) is 18.3 Å². The second-order valence-electron chi connectivity index (χ2n) is 2.38. The first-order valence-electron chi connectivity index (χ1n) is 3.73. The van der Waals surface area contributed by atoms with Crippen LogP contribution in [-0.4, -0.2) is 20.0 Å². The van der Waals surface area contributed by atoms with E-state index in [2.05, 4.69) is 10.6 Å². The highest BCUT2D eigenvalue weighted by Gasteiger charge is 2.07. The summed E-state index contributed by atoms with van der Waals surface area (Å²) in [6.07, 6.45) is 0. The number of nitrogens with one attached hydrogen (secondary N) is 2. The summed E-state index contributed by atoms with van der Waals surface area (Å²) in [7, 11) is 3.39. The molecule has 0 aliphatic rings. The third kappa shape index (κ3) is 3.08. The monoisotopic (exact) mass is 204 g/mol. The molecule has 1 rings (SSSR count). The average molecular weight is 205 g/mol. The Balaban J connectivity index is 0.00000144. The lowest BCUT2D eigenvalue weighted by atomic mass is 10.4. The van der Waals surface area contributed by atoms with Crippen LogP contribution in [0.1, 0.15) is 16.3 Å². The van der Waals surface area contributed by atoms with Crippen LogP contribution in [0.15, 0.2) is 16.5 Å². The maximum Gasteiger partial charge on any atom is 0.286 e. The van der Waals surface area contributed by atoms with Gasteiger partial charge in [0.25, 0.3) is 5.91 Å². The van der Waals surface area contributed by atoms with Crippen molar-refractivity contribution in [3.8, 4) is 0 Å². The fourth-order valence-electron chi connectivity index (χ4n) is 0.892. The van der Waals surface area contributed by atoms with Crippen LogP contribution in [0.25, 0.3) is 0 Å². The summed E-state index contributed by atoms with van der Waals surface area (Å²) < 4.78 is 5.20. The van der Waals surface area contributed by atoms with Crippen LogP contribution >= 0.6 is 12.4 Å². The Morgan fingerprint density at radius 3 is 2.69 bits per heavy atom. The molecule has 13 heavy (non-hydrogen) atoms. The molecule has 0 saturated heterocycles. The highest BCUT2D eigenvalue weighted by Crippen LogP contribution is 2.06. The summed E-state index contributed by atoms with van der Waals surface area (Å²) in [4.78, 5) is 11.0. The Hall–Kier alpha value is -1.00. The molecule has 0 unspecified atom stereocenters. The number of halogens is 1. The Bertz CT molecular complexity index is 273. The molecule has 1 heterocycles. The van der Waals surface area contributed by atoms with Gasteiger partial charge in [0.15, 0.2) is 5.76 Å². The first kappa shape index (κ1) is 12.0. The highest BCUT2D eigenvalue weighted by atomic mass is 35.5. The van der Waals surface area contributed by atoms with Gasteiger partial charge in [-0.05, 0) is 19.2 Å². The van der Waals surface area contributed by atoms with E-state index in [1.165, 1.54) is 0 Å². The van der Waals surface area contributed by atoms with Gasteiger partial charge in [-0.25, -0.2) is 0 Å². The fourth-order valence-corrected chi connectivity index (χ4v) is 0.892. The smallest absolute Gasteiger partial charge is 0.286 e. The first-order valence-corrected chi connectivity index (χ1v) is 3.73. The van der Waals surface area contributed by atoms with Gasteiger partial charge in [-0.2, -0.15) is 0 Å². The second-order valence-corrected chi connectivity index (χ2v) is 2.38. The predicted molar refractivity (Wildman–Crippen MR) is 52.1 cm³/mol. The maximum atomic E-state index is 11.0. The van der Waals surface area contributed by atoms with Crippen LogP contribution in [0.2, 0.25) is 0 Å². The van der Waals surface area contributed by atoms with Crippen LogP contribution in [0.5, 0.6) is 0 Å². The van der Waals surface area contributed by atoms with Crippen molar-refractivity contribution in [1.82, 2.24) is 10.6 Å². The predicted octanol–water partition coefficient (Wildman–Crippen LogP) is 0.780. The van der Waals surface area contributed by atoms with E-state index >= 15 is 0 Å². The van der Waals surface area contributed by atoms with Crippen LogP contribution in [0, 0.1) is 0 Å². The lowest BCUT2D eigenvalue weighted by Gasteiger charge is -1.94. The molecular formula is C8H13ClN2O2. The number of carbonyl (C=O) groups excluding carboxylic acids is 1. The fraction of sp³-hybridized carbons (Fsp3) is 0.375. The molecular weight excluding hydrogens is 192 g/mol. The van der Waals surface area contributed by atoms with Crippen molar-refractivity contribution in [3.05, 3.63) is 23.7 Å². The molecule has 1 aromatic heterocycles. The maximum absolute atomic E-state index is 11.0. The summed E-state index contributed by atoms with van der Waals surface area (Å²) in [6, 6.07) is 3.44. The molecule has 0 aromatic carbocycles. The SMILES string of the molecule is CNCc1ccc(C(=O)NC)o1.Cl. The van der Waals surface area contributed by atoms with Crippen molar-refractivity contribution in [1.29, 1.82) is 0 Å². The largest absolute Gasteiger partial charge is 0.455 e. The van der Waals surface area contributed by atoms with Gasteiger partial charge in [0.2, 0.25) is 0 Å². The average Bonchev–Trinajstić information content (AvgIpc) is 2.52. The molecule has 2 N–H and O–H groups in total. The molecule has 0 saturated carbocycles. The zero-order valence-electron chi connectivity index (χ0n) is 7.59. The van der Waals surface area contributed by atoms with Crippen molar-refractivity contribution in [2.24, 2.45) is 0 Å². The van der Waals surface area contributed by atoms with E-state index in [4.69, 9.17) is 4.42 Å². The summed E-state index contributed by atoms with van der Waals surface area (Å²) in [5.41, 5.74) is 0. The molecule has 0 aliphatic carbocycles. The molecule has 0 radical (unpaired) electrons. The number of rotatable bonds is 3. The number of amides is 1. The minimum Gasteiger partial charge on any atom is -0.455 e. The number of hydrogen-bond donors (Lipinski definition) is 2. The quantitative estimate of drug-likeness (QED) is 0.765. The van der Waals surface area contributed by atoms with Gasteiger partial charge in [-0.1, -0.05) is 0 Å². The van der Waals surface area contributed by atoms with Crippen LogP contribution in [0.3, 0.4) is 0 Å². The summed E-state index contributed by atoms with van der Waals surface area (Å²) in [6.45, 7) is 0.636. The molecule has 4 nitrogen and oxygen atoms in total. The molecule has 0 atom stereocenters. The van der Waals surface area contributed by atoms with Gasteiger partial charge in [-0.15, -0.1) is 12.4 Å². The van der Waals surface area contributed by atoms with Crippen molar-refractivity contribution < 1.29 is 9.21 Å². The van der Waals surface area contributed by atoms with Gasteiger partial charge in [-0.3, -0.25) is 4.79 Å². The lowest BCUT2D eigenvalue weighted by Crippen LogP contribution is -2.16. The minimum atomic E-state index is -0.197.